The van der Waals surface area contributed by atoms with Gasteiger partial charge in [-0.2, -0.15) is 0 Å². The van der Waals surface area contributed by atoms with Crippen LogP contribution in [0, 0.1) is 0 Å². The molecule has 3 N–H and O–H groups in total. The zero-order chi connectivity index (χ0) is 14.5. The Kier molecular flexibility index (Phi) is 4.65. The molecule has 20 heavy (non-hydrogen) atoms. The second-order valence-corrected chi connectivity index (χ2v) is 4.87. The van der Waals surface area contributed by atoms with Crippen molar-refractivity contribution in [2.45, 2.75) is 13.0 Å². The first-order valence-corrected chi connectivity index (χ1v) is 6.53. The van der Waals surface area contributed by atoms with E-state index < -0.39 is 5.91 Å². The molecule has 2 amide bonds. The largest absolute Gasteiger partial charge is 0.345 e. The first-order valence-electron chi connectivity index (χ1n) is 6.53. The lowest BCUT2D eigenvalue weighted by molar-refractivity contribution is -0.130. The van der Waals surface area contributed by atoms with Crippen LogP contribution in [0.25, 0.3) is 0 Å². The number of nitrogens with one attached hydrogen (secondary N) is 1. The van der Waals surface area contributed by atoms with Crippen LogP contribution in [0.15, 0.2) is 18.2 Å². The van der Waals surface area contributed by atoms with Crippen molar-refractivity contribution >= 4 is 11.8 Å². The summed E-state index contributed by atoms with van der Waals surface area (Å²) in [5.41, 5.74) is 3.09. The van der Waals surface area contributed by atoms with Crippen LogP contribution in [-0.4, -0.2) is 53.3 Å². The number of nitrogen functional groups attached to an aromatic ring is 1. The number of hydrazine groups is 1. The van der Waals surface area contributed by atoms with Crippen LogP contribution in [0.4, 0.5) is 0 Å². The third-order valence-electron chi connectivity index (χ3n) is 3.31. The maximum Gasteiger partial charge on any atom is 0.283 e. The minimum atomic E-state index is -0.418. The molecule has 0 unspecified atom stereocenters. The molecule has 1 saturated heterocycles. The van der Waals surface area contributed by atoms with E-state index >= 15 is 0 Å². The zero-order valence-corrected chi connectivity index (χ0v) is 11.5. The van der Waals surface area contributed by atoms with E-state index in [2.05, 4.69) is 10.4 Å². The number of rotatable bonds is 3. The Bertz CT molecular complexity index is 505. The van der Waals surface area contributed by atoms with Crippen molar-refractivity contribution in [3.8, 4) is 0 Å². The molecule has 1 aliphatic heterocycles. The number of amides is 2. The van der Waals surface area contributed by atoms with Gasteiger partial charge >= 0.3 is 0 Å². The quantitative estimate of drug-likeness (QED) is 0.435. The highest BCUT2D eigenvalue weighted by atomic mass is 16.2. The van der Waals surface area contributed by atoms with Crippen molar-refractivity contribution in [1.82, 2.24) is 20.2 Å². The van der Waals surface area contributed by atoms with E-state index in [-0.39, 0.29) is 11.6 Å². The molecule has 0 aliphatic carbocycles. The van der Waals surface area contributed by atoms with E-state index in [1.165, 1.54) is 0 Å². The van der Waals surface area contributed by atoms with Gasteiger partial charge in [0.25, 0.3) is 5.91 Å². The SMILES string of the molecule is CN1CCCN(Cc2cccc(C(=O)NN)n2)CC1=O. The maximum atomic E-state index is 11.8. The molecule has 1 aromatic rings. The molecule has 1 fully saturated rings. The number of carbonyl (C=O) groups excluding carboxylic acids is 2. The van der Waals surface area contributed by atoms with E-state index in [1.807, 2.05) is 18.0 Å². The van der Waals surface area contributed by atoms with Crippen molar-refractivity contribution < 1.29 is 9.59 Å². The van der Waals surface area contributed by atoms with E-state index in [9.17, 15) is 9.59 Å². The van der Waals surface area contributed by atoms with E-state index in [0.29, 0.717) is 13.1 Å². The fourth-order valence-corrected chi connectivity index (χ4v) is 2.18. The molecule has 0 radical (unpaired) electrons. The average molecular weight is 277 g/mol. The van der Waals surface area contributed by atoms with Crippen LogP contribution in [0.5, 0.6) is 0 Å². The van der Waals surface area contributed by atoms with Crippen LogP contribution in [0.2, 0.25) is 0 Å². The van der Waals surface area contributed by atoms with Crippen molar-refractivity contribution in [2.75, 3.05) is 26.7 Å². The molecule has 7 nitrogen and oxygen atoms in total. The summed E-state index contributed by atoms with van der Waals surface area (Å²) in [6.07, 6.45) is 0.936. The van der Waals surface area contributed by atoms with Crippen molar-refractivity contribution in [2.24, 2.45) is 5.84 Å². The molecular formula is C13H19N5O2. The summed E-state index contributed by atoms with van der Waals surface area (Å²) in [6.45, 7) is 2.54. The van der Waals surface area contributed by atoms with E-state index in [1.54, 1.807) is 17.0 Å². The summed E-state index contributed by atoms with van der Waals surface area (Å²) in [5, 5.41) is 0. The Balaban J connectivity index is 2.06. The Labute approximate surface area is 117 Å². The highest BCUT2D eigenvalue weighted by Crippen LogP contribution is 2.08. The summed E-state index contributed by atoms with van der Waals surface area (Å²) in [4.78, 5) is 31.3. The molecule has 0 spiro atoms. The Morgan fingerprint density at radius 1 is 1.45 bits per heavy atom. The number of nitrogens with two attached hydrogens (primary N) is 1. The molecule has 1 aliphatic rings. The van der Waals surface area contributed by atoms with Gasteiger partial charge in [0.15, 0.2) is 0 Å². The summed E-state index contributed by atoms with van der Waals surface area (Å²) < 4.78 is 0. The van der Waals surface area contributed by atoms with Crippen molar-refractivity contribution in [1.29, 1.82) is 0 Å². The number of likely N-dealkylation sites (N-methyl/N-ethyl adjacent to an activating group) is 1. The van der Waals surface area contributed by atoms with E-state index in [0.717, 1.165) is 25.2 Å². The van der Waals surface area contributed by atoms with Gasteiger partial charge in [-0.05, 0) is 18.6 Å². The number of nitrogens with zero attached hydrogens (tertiary/aromatic N) is 3. The standard InChI is InChI=1S/C13H19N5O2/c1-17-6-3-7-18(9-12(17)19)8-10-4-2-5-11(15-10)13(20)16-14/h2,4-5H,3,6-9,14H2,1H3,(H,16,20). The summed E-state index contributed by atoms with van der Waals surface area (Å²) in [6, 6.07) is 5.21. The minimum absolute atomic E-state index is 0.110. The topological polar surface area (TPSA) is 91.6 Å². The molecule has 2 rings (SSSR count). The first-order chi connectivity index (χ1) is 9.60. The lowest BCUT2D eigenvalue weighted by Gasteiger charge is -2.19. The summed E-state index contributed by atoms with van der Waals surface area (Å²) >= 11 is 0. The van der Waals surface area contributed by atoms with Crippen LogP contribution >= 0.6 is 0 Å². The highest BCUT2D eigenvalue weighted by molar-refractivity contribution is 5.91. The zero-order valence-electron chi connectivity index (χ0n) is 11.5. The molecule has 0 bridgehead atoms. The second kappa shape index (κ2) is 6.44. The Morgan fingerprint density at radius 2 is 2.25 bits per heavy atom. The molecule has 2 heterocycles. The predicted octanol–water partition coefficient (Wildman–Crippen LogP) is -0.651. The van der Waals surface area contributed by atoms with Crippen LogP contribution in [-0.2, 0) is 11.3 Å². The normalized spacial score (nSPS) is 16.9. The van der Waals surface area contributed by atoms with Crippen LogP contribution in [0.3, 0.4) is 0 Å². The number of pyridine rings is 1. The Morgan fingerprint density at radius 3 is 3.00 bits per heavy atom. The molecule has 1 aromatic heterocycles. The number of hydrogen-bond acceptors (Lipinski definition) is 5. The van der Waals surface area contributed by atoms with Gasteiger partial charge in [0.05, 0.1) is 12.2 Å². The Hall–Kier alpha value is -1.99. The van der Waals surface area contributed by atoms with Gasteiger partial charge in [-0.1, -0.05) is 6.07 Å². The molecule has 0 aromatic carbocycles. The van der Waals surface area contributed by atoms with Crippen molar-refractivity contribution in [3.63, 3.8) is 0 Å². The first kappa shape index (κ1) is 14.4. The van der Waals surface area contributed by atoms with Gasteiger partial charge in [0.1, 0.15) is 5.69 Å². The van der Waals surface area contributed by atoms with Gasteiger partial charge in [0.2, 0.25) is 5.91 Å². The fourth-order valence-electron chi connectivity index (χ4n) is 2.18. The van der Waals surface area contributed by atoms with Crippen LogP contribution < -0.4 is 11.3 Å². The van der Waals surface area contributed by atoms with Gasteiger partial charge in [0, 0.05) is 26.7 Å². The molecular weight excluding hydrogens is 258 g/mol. The fraction of sp³-hybridized carbons (Fsp3) is 0.462. The monoisotopic (exact) mass is 277 g/mol. The highest BCUT2D eigenvalue weighted by Gasteiger charge is 2.19. The second-order valence-electron chi connectivity index (χ2n) is 4.87. The minimum Gasteiger partial charge on any atom is -0.345 e. The molecule has 7 heteroatoms. The van der Waals surface area contributed by atoms with Gasteiger partial charge < -0.3 is 4.90 Å². The maximum absolute atomic E-state index is 11.8. The molecule has 0 saturated carbocycles. The van der Waals surface area contributed by atoms with Crippen molar-refractivity contribution in [3.05, 3.63) is 29.6 Å². The predicted molar refractivity (Wildman–Crippen MR) is 73.4 cm³/mol. The third-order valence-corrected chi connectivity index (χ3v) is 3.31. The van der Waals surface area contributed by atoms with Crippen LogP contribution in [0.1, 0.15) is 22.6 Å². The summed E-state index contributed by atoms with van der Waals surface area (Å²) in [7, 11) is 1.82. The molecule has 0 atom stereocenters. The lowest BCUT2D eigenvalue weighted by Crippen LogP contribution is -2.34. The number of carbonyl (C=O) groups is 2. The van der Waals surface area contributed by atoms with Gasteiger partial charge in [-0.25, -0.2) is 10.8 Å². The summed E-state index contributed by atoms with van der Waals surface area (Å²) in [5.74, 6) is 4.78. The van der Waals surface area contributed by atoms with E-state index in [4.69, 9.17) is 5.84 Å². The lowest BCUT2D eigenvalue weighted by atomic mass is 10.2. The third kappa shape index (κ3) is 3.52. The molecule has 108 valence electrons. The van der Waals surface area contributed by atoms with Gasteiger partial charge in [-0.15, -0.1) is 0 Å². The average Bonchev–Trinajstić information content (AvgIpc) is 2.60. The van der Waals surface area contributed by atoms with Gasteiger partial charge in [-0.3, -0.25) is 19.9 Å². The smallest absolute Gasteiger partial charge is 0.283 e. The number of aromatic nitrogens is 1. The number of hydrogen-bond donors (Lipinski definition) is 2.